The molecule has 0 aliphatic carbocycles. The molecule has 0 amide bonds. The van der Waals surface area contributed by atoms with E-state index in [2.05, 4.69) is 25.6 Å². The smallest absolute Gasteiger partial charge is 0.143 e. The van der Waals surface area contributed by atoms with E-state index < -0.39 is 0 Å². The molecule has 0 saturated heterocycles. The minimum atomic E-state index is 0.102. The number of aromatic hydroxyl groups is 1. The van der Waals surface area contributed by atoms with E-state index in [1.807, 2.05) is 42.5 Å². The van der Waals surface area contributed by atoms with Crippen LogP contribution in [0.1, 0.15) is 0 Å². The number of hydrogen-bond donors (Lipinski definition) is 2. The zero-order valence-electron chi connectivity index (χ0n) is 11.4. The van der Waals surface area contributed by atoms with E-state index in [-0.39, 0.29) is 5.75 Å². The van der Waals surface area contributed by atoms with E-state index in [0.29, 0.717) is 11.4 Å². The topological polar surface area (TPSA) is 86.5 Å². The van der Waals surface area contributed by atoms with E-state index in [1.165, 1.54) is 0 Å². The average Bonchev–Trinajstić information content (AvgIpc) is 3.01. The lowest BCUT2D eigenvalue weighted by Crippen LogP contribution is -1.75. The Balaban J connectivity index is 1.80. The fourth-order valence-corrected chi connectivity index (χ4v) is 2.35. The predicted molar refractivity (Wildman–Crippen MR) is 83.7 cm³/mol. The number of phenolic OH excluding ortho intramolecular Hbond substituents is 1. The van der Waals surface area contributed by atoms with Crippen molar-refractivity contribution in [1.29, 1.82) is 0 Å². The lowest BCUT2D eigenvalue weighted by molar-refractivity contribution is 0.477. The van der Waals surface area contributed by atoms with Crippen molar-refractivity contribution in [1.82, 2.24) is 15.4 Å². The van der Waals surface area contributed by atoms with Crippen molar-refractivity contribution in [3.8, 4) is 5.75 Å². The molecule has 6 nitrogen and oxygen atoms in total. The third-order valence-corrected chi connectivity index (χ3v) is 3.45. The van der Waals surface area contributed by atoms with E-state index >= 15 is 0 Å². The molecule has 1 aromatic heterocycles. The Hall–Kier alpha value is -3.28. The number of H-pyrrole nitrogens is 1. The van der Waals surface area contributed by atoms with Crippen LogP contribution < -0.4 is 0 Å². The largest absolute Gasteiger partial charge is 0.506 e. The van der Waals surface area contributed by atoms with Gasteiger partial charge in [0.05, 0.1) is 11.2 Å². The van der Waals surface area contributed by atoms with Gasteiger partial charge in [-0.3, -0.25) is 5.10 Å². The Bertz CT molecular complexity index is 1010. The highest BCUT2D eigenvalue weighted by Gasteiger charge is 2.06. The summed E-state index contributed by atoms with van der Waals surface area (Å²) in [5.41, 5.74) is 2.66. The first-order valence-corrected chi connectivity index (χ1v) is 6.74. The van der Waals surface area contributed by atoms with Crippen LogP contribution in [-0.4, -0.2) is 20.5 Å². The molecule has 0 atom stereocenters. The molecular formula is C16H11N5O. The molecule has 2 N–H and O–H groups in total. The van der Waals surface area contributed by atoms with Crippen LogP contribution in [0.15, 0.2) is 64.8 Å². The molecule has 106 valence electrons. The van der Waals surface area contributed by atoms with Gasteiger partial charge in [-0.25, -0.2) is 0 Å². The van der Waals surface area contributed by atoms with Crippen LogP contribution in [0, 0.1) is 0 Å². The molecule has 0 spiro atoms. The van der Waals surface area contributed by atoms with Gasteiger partial charge in [-0.2, -0.15) is 5.11 Å². The van der Waals surface area contributed by atoms with Crippen LogP contribution in [0.5, 0.6) is 5.75 Å². The number of azo groups is 1. The summed E-state index contributed by atoms with van der Waals surface area (Å²) in [6.45, 7) is 0. The highest BCUT2D eigenvalue weighted by Crippen LogP contribution is 2.36. The number of phenols is 1. The first kappa shape index (κ1) is 12.5. The minimum Gasteiger partial charge on any atom is -0.506 e. The highest BCUT2D eigenvalue weighted by atomic mass is 16.3. The monoisotopic (exact) mass is 289 g/mol. The Morgan fingerprint density at radius 1 is 0.955 bits per heavy atom. The van der Waals surface area contributed by atoms with E-state index in [0.717, 1.165) is 21.8 Å². The first-order chi connectivity index (χ1) is 10.8. The van der Waals surface area contributed by atoms with Gasteiger partial charge in [0, 0.05) is 5.39 Å². The molecule has 0 aliphatic rings. The molecule has 0 aliphatic heterocycles. The molecule has 0 saturated carbocycles. The number of benzene rings is 3. The third kappa shape index (κ3) is 2.07. The lowest BCUT2D eigenvalue weighted by atomic mass is 10.1. The summed E-state index contributed by atoms with van der Waals surface area (Å²) in [6.07, 6.45) is 0. The first-order valence-electron chi connectivity index (χ1n) is 6.74. The molecule has 4 aromatic rings. The van der Waals surface area contributed by atoms with E-state index in [1.54, 1.807) is 12.1 Å². The fourth-order valence-electron chi connectivity index (χ4n) is 2.35. The molecule has 1 heterocycles. The van der Waals surface area contributed by atoms with Crippen molar-refractivity contribution in [2.45, 2.75) is 0 Å². The van der Waals surface area contributed by atoms with Crippen LogP contribution in [0.25, 0.3) is 21.8 Å². The Morgan fingerprint density at radius 2 is 1.86 bits per heavy atom. The van der Waals surface area contributed by atoms with Crippen molar-refractivity contribution in [2.24, 2.45) is 10.2 Å². The van der Waals surface area contributed by atoms with Crippen molar-refractivity contribution in [2.75, 3.05) is 0 Å². The standard InChI is InChI=1S/C16H11N5O/c22-15-8-5-10-3-1-2-4-12(10)16(15)20-17-11-6-7-13-14(9-11)19-21-18-13/h1-9,22H,(H,18,19,21). The zero-order chi connectivity index (χ0) is 14.9. The number of fused-ring (bicyclic) bond motifs is 2. The highest BCUT2D eigenvalue weighted by molar-refractivity contribution is 5.95. The Morgan fingerprint density at radius 3 is 2.82 bits per heavy atom. The van der Waals surface area contributed by atoms with Crippen molar-refractivity contribution < 1.29 is 5.11 Å². The maximum absolute atomic E-state index is 10.0. The summed E-state index contributed by atoms with van der Waals surface area (Å²) in [5, 5.41) is 30.8. The summed E-state index contributed by atoms with van der Waals surface area (Å²) in [5.74, 6) is 0.102. The number of nitrogens with zero attached hydrogens (tertiary/aromatic N) is 4. The second-order valence-electron chi connectivity index (χ2n) is 4.87. The van der Waals surface area contributed by atoms with Gasteiger partial charge in [-0.05, 0) is 29.7 Å². The summed E-state index contributed by atoms with van der Waals surface area (Å²) in [7, 11) is 0. The van der Waals surface area contributed by atoms with Crippen LogP contribution >= 0.6 is 0 Å². The second-order valence-corrected chi connectivity index (χ2v) is 4.87. The van der Waals surface area contributed by atoms with Crippen LogP contribution in [-0.2, 0) is 0 Å². The van der Waals surface area contributed by atoms with E-state index in [9.17, 15) is 5.11 Å². The van der Waals surface area contributed by atoms with Crippen LogP contribution in [0.2, 0.25) is 0 Å². The minimum absolute atomic E-state index is 0.102. The molecule has 22 heavy (non-hydrogen) atoms. The molecule has 0 fully saturated rings. The Kier molecular flexibility index (Phi) is 2.79. The van der Waals surface area contributed by atoms with Crippen molar-refractivity contribution in [3.63, 3.8) is 0 Å². The van der Waals surface area contributed by atoms with Gasteiger partial charge in [0.25, 0.3) is 0 Å². The normalized spacial score (nSPS) is 11.6. The van der Waals surface area contributed by atoms with Gasteiger partial charge in [0.2, 0.25) is 0 Å². The second kappa shape index (κ2) is 4.92. The van der Waals surface area contributed by atoms with E-state index in [4.69, 9.17) is 0 Å². The summed E-state index contributed by atoms with van der Waals surface area (Å²) < 4.78 is 0. The van der Waals surface area contributed by atoms with Gasteiger partial charge in [0.1, 0.15) is 17.0 Å². The lowest BCUT2D eigenvalue weighted by Gasteiger charge is -2.03. The number of rotatable bonds is 2. The molecule has 6 heteroatoms. The molecule has 3 aromatic carbocycles. The maximum atomic E-state index is 10.0. The number of aromatic nitrogens is 3. The molecule has 4 rings (SSSR count). The van der Waals surface area contributed by atoms with Gasteiger partial charge < -0.3 is 5.11 Å². The Labute approximate surface area is 125 Å². The third-order valence-electron chi connectivity index (χ3n) is 3.45. The predicted octanol–water partition coefficient (Wildman–Crippen LogP) is 4.23. The molecule has 0 radical (unpaired) electrons. The van der Waals surface area contributed by atoms with Gasteiger partial charge in [-0.1, -0.05) is 35.5 Å². The number of aromatic amines is 1. The summed E-state index contributed by atoms with van der Waals surface area (Å²) >= 11 is 0. The summed E-state index contributed by atoms with van der Waals surface area (Å²) in [4.78, 5) is 0. The van der Waals surface area contributed by atoms with Gasteiger partial charge in [0.15, 0.2) is 0 Å². The number of hydrogen-bond acceptors (Lipinski definition) is 5. The van der Waals surface area contributed by atoms with Crippen molar-refractivity contribution >= 4 is 33.2 Å². The molecular weight excluding hydrogens is 278 g/mol. The number of nitrogens with one attached hydrogen (secondary N) is 1. The van der Waals surface area contributed by atoms with Crippen LogP contribution in [0.3, 0.4) is 0 Å². The van der Waals surface area contributed by atoms with Crippen LogP contribution in [0.4, 0.5) is 11.4 Å². The fraction of sp³-hybridized carbons (Fsp3) is 0. The van der Waals surface area contributed by atoms with Crippen molar-refractivity contribution in [3.05, 3.63) is 54.6 Å². The maximum Gasteiger partial charge on any atom is 0.143 e. The zero-order valence-corrected chi connectivity index (χ0v) is 11.4. The summed E-state index contributed by atoms with van der Waals surface area (Å²) in [6, 6.07) is 16.6. The SMILES string of the molecule is Oc1ccc2ccccc2c1N=Nc1ccc2[nH]nnc2c1. The average molecular weight is 289 g/mol. The van der Waals surface area contributed by atoms with Gasteiger partial charge >= 0.3 is 0 Å². The quantitative estimate of drug-likeness (QED) is 0.541. The molecule has 0 unspecified atom stereocenters. The van der Waals surface area contributed by atoms with Gasteiger partial charge in [-0.15, -0.1) is 10.2 Å². The molecule has 0 bridgehead atoms.